The van der Waals surface area contributed by atoms with E-state index >= 15 is 0 Å². The zero-order valence-corrected chi connectivity index (χ0v) is 16.2. The Morgan fingerprint density at radius 3 is 1.77 bits per heavy atom. The number of nitrogens with zero attached hydrogens (tertiary/aromatic N) is 2. The van der Waals surface area contributed by atoms with Gasteiger partial charge in [0.15, 0.2) is 0 Å². The number of hydrogen-bond acceptors (Lipinski definition) is 4. The molecule has 0 unspecified atom stereocenters. The van der Waals surface area contributed by atoms with Gasteiger partial charge in [-0.25, -0.2) is 9.97 Å². The second kappa shape index (κ2) is 6.79. The van der Waals surface area contributed by atoms with Crippen LogP contribution in [0.3, 0.4) is 0 Å². The number of rotatable bonds is 4. The average molecular weight is 335 g/mol. The van der Waals surface area contributed by atoms with E-state index in [0.29, 0.717) is 10.5 Å². The predicted octanol–water partition coefficient (Wildman–Crippen LogP) is 5.93. The van der Waals surface area contributed by atoms with Gasteiger partial charge in [-0.3, -0.25) is 0 Å². The molecule has 0 amide bonds. The Labute approximate surface area is 142 Å². The molecule has 0 aliphatic rings. The topological polar surface area (TPSA) is 25.8 Å². The summed E-state index contributed by atoms with van der Waals surface area (Å²) in [5.74, 6) is 0. The number of fused-ring (bicyclic) bond motifs is 1. The van der Waals surface area contributed by atoms with E-state index in [1.54, 1.807) is 23.5 Å². The molecule has 1 heterocycles. The van der Waals surface area contributed by atoms with Crippen molar-refractivity contribution < 1.29 is 0 Å². The van der Waals surface area contributed by atoms with Crippen molar-refractivity contribution in [3.05, 3.63) is 23.8 Å². The molecule has 22 heavy (non-hydrogen) atoms. The Morgan fingerprint density at radius 1 is 0.818 bits per heavy atom. The van der Waals surface area contributed by atoms with Crippen LogP contribution in [0.25, 0.3) is 11.0 Å². The summed E-state index contributed by atoms with van der Waals surface area (Å²) in [7, 11) is 0. The van der Waals surface area contributed by atoms with Crippen LogP contribution >= 0.6 is 23.5 Å². The van der Waals surface area contributed by atoms with Gasteiger partial charge in [0.05, 0.1) is 11.0 Å². The predicted molar refractivity (Wildman–Crippen MR) is 100 cm³/mol. The Kier molecular flexibility index (Phi) is 5.44. The molecule has 0 saturated heterocycles. The summed E-state index contributed by atoms with van der Waals surface area (Å²) in [6.07, 6.45) is 0. The maximum Gasteiger partial charge on any atom is 0.129 e. The van der Waals surface area contributed by atoms with Crippen molar-refractivity contribution in [2.75, 3.05) is 0 Å². The Morgan fingerprint density at radius 2 is 1.32 bits per heavy atom. The lowest BCUT2D eigenvalue weighted by atomic mass is 9.87. The van der Waals surface area contributed by atoms with E-state index < -0.39 is 0 Å². The number of benzene rings is 1. The molecular formula is C18H26N2S2. The molecule has 0 aliphatic carbocycles. The first kappa shape index (κ1) is 17.6. The first-order valence-electron chi connectivity index (χ1n) is 7.82. The molecule has 0 bridgehead atoms. The van der Waals surface area contributed by atoms with Crippen LogP contribution in [0.15, 0.2) is 28.3 Å². The average Bonchev–Trinajstić information content (AvgIpc) is 2.36. The third-order valence-electron chi connectivity index (χ3n) is 3.16. The summed E-state index contributed by atoms with van der Waals surface area (Å²) < 4.78 is 0. The first-order chi connectivity index (χ1) is 10.2. The fraction of sp³-hybridized carbons (Fsp3) is 0.556. The van der Waals surface area contributed by atoms with Crippen LogP contribution in [-0.4, -0.2) is 20.5 Å². The minimum atomic E-state index is 0.132. The standard InChI is InChI=1S/C18H26N2S2/c1-11(2)21-16-17(22-12(3)4)20-15-10-13(18(5,6)7)8-9-14(15)19-16/h8-12H,1-7H3. The van der Waals surface area contributed by atoms with E-state index in [4.69, 9.17) is 9.97 Å². The highest BCUT2D eigenvalue weighted by Crippen LogP contribution is 2.34. The quantitative estimate of drug-likeness (QED) is 0.647. The van der Waals surface area contributed by atoms with Crippen molar-refractivity contribution in [3.8, 4) is 0 Å². The minimum Gasteiger partial charge on any atom is -0.237 e. The van der Waals surface area contributed by atoms with Crippen LogP contribution < -0.4 is 0 Å². The van der Waals surface area contributed by atoms with Gasteiger partial charge < -0.3 is 0 Å². The molecule has 0 spiro atoms. The summed E-state index contributed by atoms with van der Waals surface area (Å²) in [4.78, 5) is 9.79. The van der Waals surface area contributed by atoms with Gasteiger partial charge in [0.25, 0.3) is 0 Å². The summed E-state index contributed by atoms with van der Waals surface area (Å²) in [6.45, 7) is 15.5. The van der Waals surface area contributed by atoms with Gasteiger partial charge in [0.2, 0.25) is 0 Å². The maximum absolute atomic E-state index is 4.92. The summed E-state index contributed by atoms with van der Waals surface area (Å²) >= 11 is 3.60. The lowest BCUT2D eigenvalue weighted by Gasteiger charge is -2.19. The number of aromatic nitrogens is 2. The van der Waals surface area contributed by atoms with Crippen molar-refractivity contribution in [2.24, 2.45) is 0 Å². The summed E-state index contributed by atoms with van der Waals surface area (Å²) in [6, 6.07) is 6.48. The van der Waals surface area contributed by atoms with Gasteiger partial charge in [0, 0.05) is 10.5 Å². The van der Waals surface area contributed by atoms with Crippen LogP contribution in [0.2, 0.25) is 0 Å². The fourth-order valence-electron chi connectivity index (χ4n) is 2.09. The lowest BCUT2D eigenvalue weighted by molar-refractivity contribution is 0.591. The number of thioether (sulfide) groups is 2. The van der Waals surface area contributed by atoms with Crippen LogP contribution in [-0.2, 0) is 5.41 Å². The third kappa shape index (κ3) is 4.39. The molecule has 2 rings (SSSR count). The van der Waals surface area contributed by atoms with Gasteiger partial charge >= 0.3 is 0 Å². The van der Waals surface area contributed by atoms with Crippen LogP contribution in [0.5, 0.6) is 0 Å². The van der Waals surface area contributed by atoms with Gasteiger partial charge in [-0.05, 0) is 23.1 Å². The van der Waals surface area contributed by atoms with Crippen LogP contribution in [0.4, 0.5) is 0 Å². The molecule has 2 nitrogen and oxygen atoms in total. The highest BCUT2D eigenvalue weighted by Gasteiger charge is 2.17. The maximum atomic E-state index is 4.92. The molecule has 1 aromatic heterocycles. The van der Waals surface area contributed by atoms with Crippen molar-refractivity contribution in [1.82, 2.24) is 9.97 Å². The zero-order valence-electron chi connectivity index (χ0n) is 14.6. The van der Waals surface area contributed by atoms with E-state index in [9.17, 15) is 0 Å². The van der Waals surface area contributed by atoms with E-state index in [2.05, 4.69) is 66.7 Å². The smallest absolute Gasteiger partial charge is 0.129 e. The van der Waals surface area contributed by atoms with Crippen LogP contribution in [0.1, 0.15) is 54.0 Å². The SMILES string of the molecule is CC(C)Sc1nc2ccc(C(C)(C)C)cc2nc1SC(C)C. The number of hydrogen-bond donors (Lipinski definition) is 0. The molecule has 0 atom stereocenters. The molecule has 120 valence electrons. The van der Waals surface area contributed by atoms with E-state index in [1.165, 1.54) is 5.56 Å². The second-order valence-corrected chi connectivity index (χ2v) is 10.3. The molecule has 0 fully saturated rings. The fourth-order valence-corrected chi connectivity index (χ4v) is 3.87. The molecule has 2 aromatic rings. The molecule has 4 heteroatoms. The summed E-state index contributed by atoms with van der Waals surface area (Å²) in [5, 5.41) is 3.13. The largest absolute Gasteiger partial charge is 0.237 e. The second-order valence-electron chi connectivity index (χ2n) is 7.12. The van der Waals surface area contributed by atoms with Crippen molar-refractivity contribution in [1.29, 1.82) is 0 Å². The van der Waals surface area contributed by atoms with Gasteiger partial charge in [-0.2, -0.15) is 0 Å². The Balaban J connectivity index is 2.56. The first-order valence-corrected chi connectivity index (χ1v) is 9.58. The normalized spacial score (nSPS) is 12.6. The van der Waals surface area contributed by atoms with Gasteiger partial charge in [-0.1, -0.05) is 54.5 Å². The molecule has 0 radical (unpaired) electrons. The van der Waals surface area contributed by atoms with Gasteiger partial charge in [0.1, 0.15) is 10.1 Å². The van der Waals surface area contributed by atoms with Crippen molar-refractivity contribution in [3.63, 3.8) is 0 Å². The molecule has 1 aromatic carbocycles. The zero-order chi connectivity index (χ0) is 16.5. The molecule has 0 saturated carbocycles. The summed E-state index contributed by atoms with van der Waals surface area (Å²) in [5.41, 5.74) is 3.43. The van der Waals surface area contributed by atoms with Crippen molar-refractivity contribution in [2.45, 2.75) is 74.4 Å². The van der Waals surface area contributed by atoms with E-state index in [0.717, 1.165) is 21.1 Å². The molecular weight excluding hydrogens is 308 g/mol. The highest BCUT2D eigenvalue weighted by molar-refractivity contribution is 8.02. The van der Waals surface area contributed by atoms with E-state index in [1.807, 2.05) is 0 Å². The highest BCUT2D eigenvalue weighted by atomic mass is 32.2. The van der Waals surface area contributed by atoms with Gasteiger partial charge in [-0.15, -0.1) is 23.5 Å². The third-order valence-corrected chi connectivity index (χ3v) is 5.25. The molecule has 0 aliphatic heterocycles. The lowest BCUT2D eigenvalue weighted by Crippen LogP contribution is -2.11. The molecule has 0 N–H and O–H groups in total. The Hall–Kier alpha value is -0.740. The monoisotopic (exact) mass is 334 g/mol. The Bertz CT molecular complexity index is 658. The van der Waals surface area contributed by atoms with Crippen molar-refractivity contribution >= 4 is 34.6 Å². The minimum absolute atomic E-state index is 0.132. The van der Waals surface area contributed by atoms with Crippen LogP contribution in [0, 0.1) is 0 Å². The van der Waals surface area contributed by atoms with E-state index in [-0.39, 0.29) is 5.41 Å².